The highest BCUT2D eigenvalue weighted by molar-refractivity contribution is 6.18. The highest BCUT2D eigenvalue weighted by Gasteiger charge is 2.10. The number of nitrogens with zero attached hydrogens (tertiary/aromatic N) is 3. The highest BCUT2D eigenvalue weighted by atomic mass is 35.5. The topological polar surface area (TPSA) is 38.1 Å². The van der Waals surface area contributed by atoms with Crippen molar-refractivity contribution in [2.75, 3.05) is 24.4 Å². The maximum absolute atomic E-state index is 11.9. The van der Waals surface area contributed by atoms with Crippen molar-refractivity contribution in [1.29, 1.82) is 0 Å². The van der Waals surface area contributed by atoms with Crippen LogP contribution >= 0.6 is 11.6 Å². The molecule has 1 heterocycles. The van der Waals surface area contributed by atoms with Gasteiger partial charge in [-0.25, -0.2) is 4.98 Å². The van der Waals surface area contributed by atoms with E-state index >= 15 is 0 Å². The standard InChI is InChI=1S/C10H16ClN3O/c1-8(2)14-7-5-12-9(10(14)15)13(3)6-4-11/h5,7-8H,4,6H2,1-3H3. The molecule has 0 saturated carbocycles. The van der Waals surface area contributed by atoms with Crippen molar-refractivity contribution in [3.63, 3.8) is 0 Å². The SMILES string of the molecule is CC(C)n1ccnc(N(C)CCCl)c1=O. The lowest BCUT2D eigenvalue weighted by molar-refractivity contribution is 0.573. The lowest BCUT2D eigenvalue weighted by Gasteiger charge is -2.18. The molecule has 0 aromatic carbocycles. The maximum atomic E-state index is 11.9. The molecule has 0 bridgehead atoms. The van der Waals surface area contributed by atoms with E-state index in [9.17, 15) is 4.79 Å². The average Bonchev–Trinajstić information content (AvgIpc) is 2.17. The normalized spacial score (nSPS) is 10.7. The first-order valence-corrected chi connectivity index (χ1v) is 5.45. The summed E-state index contributed by atoms with van der Waals surface area (Å²) in [5.74, 6) is 0.931. The Labute approximate surface area is 94.5 Å². The molecule has 0 radical (unpaired) electrons. The van der Waals surface area contributed by atoms with E-state index in [0.29, 0.717) is 18.2 Å². The van der Waals surface area contributed by atoms with Crippen LogP contribution in [0.1, 0.15) is 19.9 Å². The Bertz CT molecular complexity index is 375. The van der Waals surface area contributed by atoms with Crippen molar-refractivity contribution < 1.29 is 0 Å². The number of halogens is 1. The predicted octanol–water partition coefficient (Wildman–Crippen LogP) is 1.50. The zero-order valence-corrected chi connectivity index (χ0v) is 10.0. The van der Waals surface area contributed by atoms with Gasteiger partial charge in [-0.15, -0.1) is 11.6 Å². The molecular weight excluding hydrogens is 214 g/mol. The van der Waals surface area contributed by atoms with Crippen LogP contribution in [-0.4, -0.2) is 29.0 Å². The van der Waals surface area contributed by atoms with Crippen LogP contribution in [0, 0.1) is 0 Å². The minimum absolute atomic E-state index is 0.0693. The molecule has 0 saturated heterocycles. The van der Waals surface area contributed by atoms with Gasteiger partial charge < -0.3 is 9.47 Å². The fraction of sp³-hybridized carbons (Fsp3) is 0.600. The van der Waals surface area contributed by atoms with E-state index in [-0.39, 0.29) is 11.6 Å². The first-order chi connectivity index (χ1) is 7.07. The van der Waals surface area contributed by atoms with Gasteiger partial charge in [0.05, 0.1) is 0 Å². The summed E-state index contributed by atoms with van der Waals surface area (Å²) in [6.45, 7) is 4.55. The summed E-state index contributed by atoms with van der Waals surface area (Å²) < 4.78 is 1.66. The van der Waals surface area contributed by atoms with Gasteiger partial charge in [0.15, 0.2) is 5.82 Å². The molecule has 0 spiro atoms. The molecule has 1 rings (SSSR count). The molecule has 1 aromatic rings. The molecular formula is C10H16ClN3O. The Morgan fingerprint density at radius 2 is 2.27 bits per heavy atom. The number of aromatic nitrogens is 2. The van der Waals surface area contributed by atoms with Gasteiger partial charge in [-0.3, -0.25) is 4.79 Å². The van der Waals surface area contributed by atoms with Crippen molar-refractivity contribution in [2.24, 2.45) is 0 Å². The van der Waals surface area contributed by atoms with Gasteiger partial charge in [0.1, 0.15) is 0 Å². The lowest BCUT2D eigenvalue weighted by atomic mass is 10.4. The van der Waals surface area contributed by atoms with Gasteiger partial charge in [-0.2, -0.15) is 0 Å². The molecule has 0 fully saturated rings. The minimum Gasteiger partial charge on any atom is -0.354 e. The minimum atomic E-state index is -0.0693. The average molecular weight is 230 g/mol. The van der Waals surface area contributed by atoms with Gasteiger partial charge in [-0.1, -0.05) is 0 Å². The monoisotopic (exact) mass is 229 g/mol. The van der Waals surface area contributed by atoms with Crippen LogP contribution in [0.15, 0.2) is 17.2 Å². The fourth-order valence-electron chi connectivity index (χ4n) is 1.32. The Kier molecular flexibility index (Phi) is 4.15. The molecule has 0 N–H and O–H groups in total. The van der Waals surface area contributed by atoms with E-state index < -0.39 is 0 Å². The second-order valence-electron chi connectivity index (χ2n) is 3.67. The Morgan fingerprint density at radius 3 is 2.80 bits per heavy atom. The number of rotatable bonds is 4. The smallest absolute Gasteiger partial charge is 0.293 e. The number of hydrogen-bond acceptors (Lipinski definition) is 3. The summed E-state index contributed by atoms with van der Waals surface area (Å²) in [4.78, 5) is 17.8. The van der Waals surface area contributed by atoms with E-state index in [1.54, 1.807) is 21.9 Å². The number of anilines is 1. The van der Waals surface area contributed by atoms with Gasteiger partial charge in [0, 0.05) is 37.9 Å². The molecule has 0 aliphatic carbocycles. The van der Waals surface area contributed by atoms with Crippen molar-refractivity contribution >= 4 is 17.4 Å². The first-order valence-electron chi connectivity index (χ1n) is 4.92. The molecule has 5 heteroatoms. The molecule has 15 heavy (non-hydrogen) atoms. The quantitative estimate of drug-likeness (QED) is 0.735. The van der Waals surface area contributed by atoms with Crippen molar-refractivity contribution in [3.05, 3.63) is 22.7 Å². The van der Waals surface area contributed by atoms with Gasteiger partial charge in [0.25, 0.3) is 5.56 Å². The van der Waals surface area contributed by atoms with Crippen LogP contribution < -0.4 is 10.5 Å². The molecule has 0 unspecified atom stereocenters. The fourth-order valence-corrected chi connectivity index (χ4v) is 1.57. The van der Waals surface area contributed by atoms with Crippen molar-refractivity contribution in [2.45, 2.75) is 19.9 Å². The summed E-state index contributed by atoms with van der Waals surface area (Å²) in [5, 5.41) is 0. The Balaban J connectivity index is 3.10. The third-order valence-electron chi connectivity index (χ3n) is 2.19. The Hall–Kier alpha value is -1.03. The van der Waals surface area contributed by atoms with Crippen LogP contribution in [0.4, 0.5) is 5.82 Å². The van der Waals surface area contributed by atoms with Crippen LogP contribution in [0.5, 0.6) is 0 Å². The number of hydrogen-bond donors (Lipinski definition) is 0. The van der Waals surface area contributed by atoms with Crippen molar-refractivity contribution in [1.82, 2.24) is 9.55 Å². The van der Waals surface area contributed by atoms with Gasteiger partial charge in [0.2, 0.25) is 0 Å². The first kappa shape index (κ1) is 12.0. The van der Waals surface area contributed by atoms with E-state index in [2.05, 4.69) is 4.98 Å². The maximum Gasteiger partial charge on any atom is 0.293 e. The predicted molar refractivity (Wildman–Crippen MR) is 62.9 cm³/mol. The van der Waals surface area contributed by atoms with Crippen LogP contribution in [0.3, 0.4) is 0 Å². The van der Waals surface area contributed by atoms with Crippen LogP contribution in [-0.2, 0) is 0 Å². The Morgan fingerprint density at radius 1 is 1.60 bits per heavy atom. The van der Waals surface area contributed by atoms with E-state index in [4.69, 9.17) is 11.6 Å². The molecule has 4 nitrogen and oxygen atoms in total. The second kappa shape index (κ2) is 5.16. The second-order valence-corrected chi connectivity index (χ2v) is 4.05. The number of alkyl halides is 1. The van der Waals surface area contributed by atoms with E-state index in [0.717, 1.165) is 0 Å². The third-order valence-corrected chi connectivity index (χ3v) is 2.36. The molecule has 0 aliphatic heterocycles. The van der Waals surface area contributed by atoms with E-state index in [1.807, 2.05) is 20.9 Å². The van der Waals surface area contributed by atoms with Crippen LogP contribution in [0.2, 0.25) is 0 Å². The summed E-state index contributed by atoms with van der Waals surface area (Å²) in [7, 11) is 1.82. The third kappa shape index (κ3) is 2.72. The van der Waals surface area contributed by atoms with Gasteiger partial charge in [-0.05, 0) is 13.8 Å². The largest absolute Gasteiger partial charge is 0.354 e. The summed E-state index contributed by atoms with van der Waals surface area (Å²) >= 11 is 5.62. The zero-order chi connectivity index (χ0) is 11.4. The summed E-state index contributed by atoms with van der Waals surface area (Å²) in [5.41, 5.74) is -0.0693. The van der Waals surface area contributed by atoms with Crippen LogP contribution in [0.25, 0.3) is 0 Å². The van der Waals surface area contributed by atoms with Crippen molar-refractivity contribution in [3.8, 4) is 0 Å². The van der Waals surface area contributed by atoms with E-state index in [1.165, 1.54) is 0 Å². The molecule has 84 valence electrons. The molecule has 0 amide bonds. The van der Waals surface area contributed by atoms with Gasteiger partial charge >= 0.3 is 0 Å². The summed E-state index contributed by atoms with van der Waals surface area (Å²) in [6, 6.07) is 0.142. The molecule has 1 aromatic heterocycles. The zero-order valence-electron chi connectivity index (χ0n) is 9.27. The lowest BCUT2D eigenvalue weighted by Crippen LogP contribution is -2.32. The molecule has 0 atom stereocenters. The summed E-state index contributed by atoms with van der Waals surface area (Å²) in [6.07, 6.45) is 3.34. The molecule has 0 aliphatic rings. The highest BCUT2D eigenvalue weighted by Crippen LogP contribution is 2.04.